The monoisotopic (exact) mass is 207 g/mol. The molecule has 0 fully saturated rings. The molecule has 1 aromatic carbocycles. The van der Waals surface area contributed by atoms with Gasteiger partial charge in [-0.2, -0.15) is 0 Å². The first-order valence-electron chi connectivity index (χ1n) is 4.14. The van der Waals surface area contributed by atoms with Gasteiger partial charge >= 0.3 is 0 Å². The highest BCUT2D eigenvalue weighted by molar-refractivity contribution is 7.27. The number of hydrogen-bond acceptors (Lipinski definition) is 1. The zero-order chi connectivity index (χ0) is 9.26. The lowest BCUT2D eigenvalue weighted by atomic mass is 10.1. The summed E-state index contributed by atoms with van der Waals surface area (Å²) in [6.07, 6.45) is 2.86. The highest BCUT2D eigenvalue weighted by Crippen LogP contribution is 2.14. The van der Waals surface area contributed by atoms with Crippen LogP contribution in [0.3, 0.4) is 0 Å². The highest BCUT2D eigenvalue weighted by atomic mass is 31.0. The summed E-state index contributed by atoms with van der Waals surface area (Å²) in [5.41, 5.74) is 2.38. The normalized spacial score (nSPS) is 10.6. The van der Waals surface area contributed by atoms with Crippen LogP contribution >= 0.6 is 18.5 Å². The van der Waals surface area contributed by atoms with E-state index in [1.165, 1.54) is 10.9 Å². The van der Waals surface area contributed by atoms with Gasteiger partial charge in [-0.3, -0.25) is 4.98 Å². The van der Waals surface area contributed by atoms with Crippen LogP contribution in [0.2, 0.25) is 0 Å². The van der Waals surface area contributed by atoms with Crippen molar-refractivity contribution in [2.24, 2.45) is 0 Å². The molecule has 0 saturated heterocycles. The second kappa shape index (κ2) is 3.70. The van der Waals surface area contributed by atoms with Gasteiger partial charge in [0.25, 0.3) is 0 Å². The number of nitrogens with zero attached hydrogens (tertiary/aromatic N) is 1. The van der Waals surface area contributed by atoms with Crippen molar-refractivity contribution >= 4 is 34.7 Å². The van der Waals surface area contributed by atoms with Crippen molar-refractivity contribution in [1.29, 1.82) is 0 Å². The van der Waals surface area contributed by atoms with Crippen molar-refractivity contribution in [1.82, 2.24) is 4.98 Å². The summed E-state index contributed by atoms with van der Waals surface area (Å²) >= 11 is 0. The van der Waals surface area contributed by atoms with Gasteiger partial charge in [-0.05, 0) is 29.2 Å². The van der Waals surface area contributed by atoms with Crippen LogP contribution < -0.4 is 5.30 Å². The summed E-state index contributed by atoms with van der Waals surface area (Å²) in [7, 11) is 5.38. The van der Waals surface area contributed by atoms with Crippen molar-refractivity contribution in [3.8, 4) is 0 Å². The van der Waals surface area contributed by atoms with Crippen LogP contribution in [0.1, 0.15) is 5.56 Å². The first kappa shape index (κ1) is 9.06. The molecule has 0 aliphatic carbocycles. The molecule has 13 heavy (non-hydrogen) atoms. The Hall–Kier alpha value is -0.510. The third-order valence-electron chi connectivity index (χ3n) is 2.01. The van der Waals surface area contributed by atoms with Gasteiger partial charge in [-0.1, -0.05) is 12.1 Å². The fraction of sp³-hybridized carbons (Fsp3) is 0.100. The number of rotatable bonds is 1. The molecule has 0 radical (unpaired) electrons. The Kier molecular flexibility index (Phi) is 2.58. The lowest BCUT2D eigenvalue weighted by molar-refractivity contribution is 1.38. The fourth-order valence-corrected chi connectivity index (χ4v) is 1.82. The van der Waals surface area contributed by atoms with Gasteiger partial charge in [-0.25, -0.2) is 0 Å². The Balaban J connectivity index is 2.66. The Morgan fingerprint density at radius 2 is 2.08 bits per heavy atom. The molecule has 0 aliphatic rings. The summed E-state index contributed by atoms with van der Waals surface area (Å²) in [5.74, 6) is 0. The van der Waals surface area contributed by atoms with Gasteiger partial charge in [-0.15, -0.1) is 18.5 Å². The van der Waals surface area contributed by atoms with Crippen LogP contribution in [-0.4, -0.2) is 4.98 Å². The van der Waals surface area contributed by atoms with E-state index in [2.05, 4.69) is 47.7 Å². The maximum atomic E-state index is 4.36. The van der Waals surface area contributed by atoms with E-state index in [1.807, 2.05) is 6.20 Å². The van der Waals surface area contributed by atoms with E-state index >= 15 is 0 Å². The first-order valence-corrected chi connectivity index (χ1v) is 5.53. The molecule has 2 aromatic rings. The molecule has 1 aromatic heterocycles. The zero-order valence-electron chi connectivity index (χ0n) is 7.20. The van der Waals surface area contributed by atoms with Gasteiger partial charge in [0.2, 0.25) is 0 Å². The van der Waals surface area contributed by atoms with E-state index in [4.69, 9.17) is 0 Å². The Bertz CT molecular complexity index is 440. The predicted molar refractivity (Wildman–Crippen MR) is 64.5 cm³/mol. The Morgan fingerprint density at radius 3 is 2.85 bits per heavy atom. The summed E-state index contributed by atoms with van der Waals surface area (Å²) in [6.45, 7) is 0. The molecule has 2 atom stereocenters. The standard InChI is InChI=1S/C10H11NP2/c12-6-7-1-2-8-4-9(13)5-11-10(8)3-7/h1-5H,6,12-13H2. The molecule has 3 heteroatoms. The Morgan fingerprint density at radius 1 is 1.23 bits per heavy atom. The summed E-state index contributed by atoms with van der Waals surface area (Å²) in [5, 5.41) is 2.33. The molecule has 1 nitrogen and oxygen atoms in total. The molecule has 0 bridgehead atoms. The third-order valence-corrected chi connectivity index (χ3v) is 2.79. The van der Waals surface area contributed by atoms with Crippen LogP contribution in [0.15, 0.2) is 30.5 Å². The maximum absolute atomic E-state index is 4.36. The average Bonchev–Trinajstić information content (AvgIpc) is 2.17. The van der Waals surface area contributed by atoms with Gasteiger partial charge in [0, 0.05) is 11.6 Å². The van der Waals surface area contributed by atoms with Crippen LogP contribution in [0.4, 0.5) is 0 Å². The fourth-order valence-electron chi connectivity index (χ4n) is 1.31. The van der Waals surface area contributed by atoms with Crippen LogP contribution in [0.25, 0.3) is 10.9 Å². The minimum absolute atomic E-state index is 0.986. The van der Waals surface area contributed by atoms with Gasteiger partial charge in [0.1, 0.15) is 0 Å². The third kappa shape index (κ3) is 1.88. The first-order chi connectivity index (χ1) is 6.29. The molecule has 0 spiro atoms. The average molecular weight is 207 g/mol. The summed E-state index contributed by atoms with van der Waals surface area (Å²) in [6, 6.07) is 8.52. The lowest BCUT2D eigenvalue weighted by Gasteiger charge is -2.00. The van der Waals surface area contributed by atoms with E-state index in [1.54, 1.807) is 0 Å². The molecule has 66 valence electrons. The topological polar surface area (TPSA) is 12.9 Å². The second-order valence-electron chi connectivity index (χ2n) is 3.00. The van der Waals surface area contributed by atoms with Gasteiger partial charge < -0.3 is 0 Å². The summed E-state index contributed by atoms with van der Waals surface area (Å²) in [4.78, 5) is 4.36. The molecule has 0 amide bonds. The molecular formula is C10H11NP2. The molecule has 0 N–H and O–H groups in total. The van der Waals surface area contributed by atoms with E-state index < -0.39 is 0 Å². The molecule has 1 heterocycles. The minimum Gasteiger partial charge on any atom is -0.256 e. The highest BCUT2D eigenvalue weighted by Gasteiger charge is 1.96. The number of fused-ring (bicyclic) bond motifs is 1. The lowest BCUT2D eigenvalue weighted by Crippen LogP contribution is -1.92. The van der Waals surface area contributed by atoms with Gasteiger partial charge in [0.15, 0.2) is 0 Å². The zero-order valence-corrected chi connectivity index (χ0v) is 9.51. The number of hydrogen-bond donors (Lipinski definition) is 0. The molecule has 0 saturated carbocycles. The van der Waals surface area contributed by atoms with E-state index in [0.717, 1.165) is 17.0 Å². The number of pyridine rings is 1. The molecule has 0 aliphatic heterocycles. The van der Waals surface area contributed by atoms with E-state index in [9.17, 15) is 0 Å². The van der Waals surface area contributed by atoms with E-state index in [0.29, 0.717) is 0 Å². The molecule has 2 rings (SSSR count). The largest absolute Gasteiger partial charge is 0.256 e. The minimum atomic E-state index is 0.986. The molecular weight excluding hydrogens is 196 g/mol. The second-order valence-corrected chi connectivity index (χ2v) is 4.07. The van der Waals surface area contributed by atoms with Crippen LogP contribution in [0.5, 0.6) is 0 Å². The van der Waals surface area contributed by atoms with Crippen molar-refractivity contribution in [2.45, 2.75) is 6.16 Å². The van der Waals surface area contributed by atoms with Crippen molar-refractivity contribution < 1.29 is 0 Å². The van der Waals surface area contributed by atoms with Crippen molar-refractivity contribution in [2.75, 3.05) is 0 Å². The number of benzene rings is 1. The quantitative estimate of drug-likeness (QED) is 0.652. The summed E-state index contributed by atoms with van der Waals surface area (Å²) < 4.78 is 0. The van der Waals surface area contributed by atoms with Gasteiger partial charge in [0.05, 0.1) is 5.52 Å². The predicted octanol–water partition coefficient (Wildman–Crippen LogP) is 2.11. The van der Waals surface area contributed by atoms with Crippen LogP contribution in [-0.2, 0) is 6.16 Å². The smallest absolute Gasteiger partial charge is 0.0705 e. The number of aromatic nitrogens is 1. The van der Waals surface area contributed by atoms with Crippen molar-refractivity contribution in [3.63, 3.8) is 0 Å². The van der Waals surface area contributed by atoms with Crippen LogP contribution in [0, 0.1) is 0 Å². The Labute approximate surface area is 82.4 Å². The maximum Gasteiger partial charge on any atom is 0.0705 e. The van der Waals surface area contributed by atoms with Crippen molar-refractivity contribution in [3.05, 3.63) is 36.0 Å². The molecule has 2 unspecified atom stereocenters. The van der Waals surface area contributed by atoms with E-state index in [-0.39, 0.29) is 0 Å². The SMILES string of the molecule is PCc1ccc2cc(P)cnc2c1.